The van der Waals surface area contributed by atoms with Crippen molar-refractivity contribution >= 4 is 34.3 Å². The largest absolute Gasteiger partial charge is 0.494 e. The van der Waals surface area contributed by atoms with Crippen molar-refractivity contribution in [2.45, 2.75) is 63.3 Å². The van der Waals surface area contributed by atoms with Gasteiger partial charge in [0.1, 0.15) is 22.8 Å². The van der Waals surface area contributed by atoms with Crippen molar-refractivity contribution in [3.8, 4) is 17.2 Å². The Morgan fingerprint density at radius 1 is 1.09 bits per heavy atom. The lowest BCUT2D eigenvalue weighted by Gasteiger charge is -2.54. The molecule has 3 aliphatic heterocycles. The van der Waals surface area contributed by atoms with Crippen LogP contribution in [-0.2, 0) is 28.4 Å². The van der Waals surface area contributed by atoms with Gasteiger partial charge in [0.2, 0.25) is 0 Å². The summed E-state index contributed by atoms with van der Waals surface area (Å²) in [5.74, 6) is 1.50. The molecule has 2 aromatic carbocycles. The number of fused-ring (bicyclic) bond motifs is 3. The predicted octanol–water partition coefficient (Wildman–Crippen LogP) is 5.17. The van der Waals surface area contributed by atoms with Crippen LogP contribution in [0.15, 0.2) is 48.7 Å². The Labute approximate surface area is 271 Å². The number of benzene rings is 2. The minimum Gasteiger partial charge on any atom is -0.494 e. The molecule has 0 amide bonds. The van der Waals surface area contributed by atoms with Crippen LogP contribution in [0.3, 0.4) is 0 Å². The molecule has 240 valence electrons. The fraction of sp³-hybridized carbons (Fsp3) is 0.441. The third kappa shape index (κ3) is 4.83. The zero-order valence-corrected chi connectivity index (χ0v) is 26.8. The molecule has 12 heteroatoms. The highest BCUT2D eigenvalue weighted by atomic mass is 35.5. The molecule has 1 aliphatic carbocycles. The second-order valence-electron chi connectivity index (χ2n) is 12.4. The molecule has 4 aliphatic rings. The zero-order chi connectivity index (χ0) is 31.6. The summed E-state index contributed by atoms with van der Waals surface area (Å²) in [6.07, 6.45) is 4.91. The average Bonchev–Trinajstić information content (AvgIpc) is 3.55. The van der Waals surface area contributed by atoms with Gasteiger partial charge >= 0.3 is 5.97 Å². The third-order valence-corrected chi connectivity index (χ3v) is 10.0. The lowest BCUT2D eigenvalue weighted by Crippen LogP contribution is -2.64. The first kappa shape index (κ1) is 29.3. The number of para-hydroxylation sites is 1. The van der Waals surface area contributed by atoms with Gasteiger partial charge in [-0.25, -0.2) is 9.78 Å². The standard InChI is InChI=1S/C34H36ClN5O6/c1-34(29-10-7-21(35)17-36-29)45-27-6-4-5-25(32(27)46-34)39-13-12-38(23-8-9-24(23)39)19-30-37-31-26(40(30)18-22-11-14-44-22)15-20(33(41)43-3)16-28(31)42-2/h4-7,10,15-17,22-24H,8-9,11-14,18-19H2,1-3H3/t22-,23+,24-,34+/m0/s1. The molecular formula is C34H36ClN5O6. The van der Waals surface area contributed by atoms with Crippen LogP contribution in [0.1, 0.15) is 48.1 Å². The summed E-state index contributed by atoms with van der Waals surface area (Å²) in [6.45, 7) is 5.69. The van der Waals surface area contributed by atoms with E-state index in [4.69, 9.17) is 40.3 Å². The molecule has 2 saturated heterocycles. The SMILES string of the molecule is COC(=O)c1cc(OC)c2nc(CN3CCN(c4cccc5c4O[C@](C)(c4ccc(Cl)cn4)O5)[C@H]4CC[C@H]43)n(C[C@@H]3CCO3)c2c1. The third-order valence-electron chi connectivity index (χ3n) is 9.82. The molecule has 8 rings (SSSR count). The van der Waals surface area contributed by atoms with Crippen molar-refractivity contribution in [3.63, 3.8) is 0 Å². The Kier molecular flexibility index (Phi) is 7.23. The summed E-state index contributed by atoms with van der Waals surface area (Å²) < 4.78 is 31.6. The maximum atomic E-state index is 12.5. The van der Waals surface area contributed by atoms with Gasteiger partial charge in [-0.15, -0.1) is 0 Å². The van der Waals surface area contributed by atoms with Gasteiger partial charge in [0.15, 0.2) is 11.5 Å². The Hall–Kier alpha value is -4.06. The van der Waals surface area contributed by atoms with Gasteiger partial charge in [-0.1, -0.05) is 17.7 Å². The Bertz CT molecular complexity index is 1810. The molecule has 0 radical (unpaired) electrons. The van der Waals surface area contributed by atoms with Gasteiger partial charge in [-0.2, -0.15) is 0 Å². The van der Waals surface area contributed by atoms with Crippen LogP contribution >= 0.6 is 11.6 Å². The first-order valence-corrected chi connectivity index (χ1v) is 16.1. The summed E-state index contributed by atoms with van der Waals surface area (Å²) in [7, 11) is 2.99. The smallest absolute Gasteiger partial charge is 0.338 e. The Morgan fingerprint density at radius 2 is 1.93 bits per heavy atom. The van der Waals surface area contributed by atoms with Crippen molar-refractivity contribution in [1.82, 2.24) is 19.4 Å². The van der Waals surface area contributed by atoms with E-state index >= 15 is 0 Å². The van der Waals surface area contributed by atoms with Gasteiger partial charge < -0.3 is 33.2 Å². The van der Waals surface area contributed by atoms with Crippen molar-refractivity contribution in [2.75, 3.05) is 38.8 Å². The number of anilines is 1. The molecular weight excluding hydrogens is 610 g/mol. The molecule has 4 aromatic rings. The van der Waals surface area contributed by atoms with E-state index in [1.54, 1.807) is 25.4 Å². The number of hydrogen-bond acceptors (Lipinski definition) is 10. The molecule has 1 saturated carbocycles. The minimum absolute atomic E-state index is 0.119. The van der Waals surface area contributed by atoms with Crippen LogP contribution in [0.2, 0.25) is 5.02 Å². The fourth-order valence-electron chi connectivity index (χ4n) is 7.17. The summed E-state index contributed by atoms with van der Waals surface area (Å²) in [6, 6.07) is 14.0. The van der Waals surface area contributed by atoms with Crippen molar-refractivity contribution < 1.29 is 28.5 Å². The second-order valence-corrected chi connectivity index (χ2v) is 12.9. The van der Waals surface area contributed by atoms with E-state index in [0.29, 0.717) is 53.0 Å². The molecule has 3 fully saturated rings. The molecule has 0 spiro atoms. The maximum Gasteiger partial charge on any atom is 0.338 e. The first-order valence-electron chi connectivity index (χ1n) is 15.8. The number of imidazole rings is 1. The van der Waals surface area contributed by atoms with E-state index in [-0.39, 0.29) is 6.10 Å². The topological polar surface area (TPSA) is 100 Å². The van der Waals surface area contributed by atoms with E-state index in [1.165, 1.54) is 7.11 Å². The molecule has 0 N–H and O–H groups in total. The molecule has 0 unspecified atom stereocenters. The number of hydrogen-bond donors (Lipinski definition) is 0. The average molecular weight is 646 g/mol. The highest BCUT2D eigenvalue weighted by Crippen LogP contribution is 2.51. The van der Waals surface area contributed by atoms with Gasteiger partial charge in [-0.05, 0) is 55.7 Å². The number of nitrogens with zero attached hydrogens (tertiary/aromatic N) is 5. The summed E-state index contributed by atoms with van der Waals surface area (Å²) >= 11 is 6.09. The number of ether oxygens (including phenoxy) is 5. The van der Waals surface area contributed by atoms with E-state index in [2.05, 4.69) is 25.4 Å². The van der Waals surface area contributed by atoms with Crippen LogP contribution in [0.25, 0.3) is 11.0 Å². The predicted molar refractivity (Wildman–Crippen MR) is 171 cm³/mol. The van der Waals surface area contributed by atoms with Crippen molar-refractivity contribution in [3.05, 3.63) is 70.8 Å². The molecule has 0 bridgehead atoms. The number of halogens is 1. The first-order chi connectivity index (χ1) is 22.3. The van der Waals surface area contributed by atoms with Crippen molar-refractivity contribution in [1.29, 1.82) is 0 Å². The normalized spacial score (nSPS) is 25.1. The maximum absolute atomic E-state index is 12.5. The molecule has 5 heterocycles. The quantitative estimate of drug-likeness (QED) is 0.239. The second kappa shape index (κ2) is 11.3. The van der Waals surface area contributed by atoms with Gasteiger partial charge in [-0.3, -0.25) is 9.88 Å². The van der Waals surface area contributed by atoms with Gasteiger partial charge in [0.25, 0.3) is 5.79 Å². The van der Waals surface area contributed by atoms with E-state index in [0.717, 1.165) is 67.3 Å². The Balaban J connectivity index is 1.07. The van der Waals surface area contributed by atoms with E-state index in [1.807, 2.05) is 31.2 Å². The number of carbonyl (C=O) groups excluding carboxylic acids is 1. The lowest BCUT2D eigenvalue weighted by molar-refractivity contribution is -0.0717. The molecule has 46 heavy (non-hydrogen) atoms. The fourth-order valence-corrected chi connectivity index (χ4v) is 7.29. The number of esters is 1. The van der Waals surface area contributed by atoms with Crippen LogP contribution in [0, 0.1) is 0 Å². The van der Waals surface area contributed by atoms with Crippen LogP contribution < -0.4 is 19.1 Å². The van der Waals surface area contributed by atoms with Crippen LogP contribution in [0.4, 0.5) is 5.69 Å². The summed E-state index contributed by atoms with van der Waals surface area (Å²) in [4.78, 5) is 27.1. The highest BCUT2D eigenvalue weighted by Gasteiger charge is 2.47. The summed E-state index contributed by atoms with van der Waals surface area (Å²) in [5.41, 5.74) is 3.73. The monoisotopic (exact) mass is 645 g/mol. The number of carbonyl (C=O) groups is 1. The number of piperazine rings is 1. The van der Waals surface area contributed by atoms with E-state index in [9.17, 15) is 4.79 Å². The molecule has 4 atom stereocenters. The zero-order valence-electron chi connectivity index (χ0n) is 26.1. The summed E-state index contributed by atoms with van der Waals surface area (Å²) in [5, 5.41) is 0.564. The highest BCUT2D eigenvalue weighted by molar-refractivity contribution is 6.30. The molecule has 11 nitrogen and oxygen atoms in total. The minimum atomic E-state index is -1.04. The number of rotatable bonds is 8. The number of aromatic nitrogens is 3. The number of pyridine rings is 1. The lowest BCUT2D eigenvalue weighted by atomic mass is 9.81. The van der Waals surface area contributed by atoms with Crippen LogP contribution in [0.5, 0.6) is 17.2 Å². The van der Waals surface area contributed by atoms with Crippen molar-refractivity contribution in [2.24, 2.45) is 0 Å². The van der Waals surface area contributed by atoms with Crippen LogP contribution in [-0.4, -0.2) is 77.5 Å². The Morgan fingerprint density at radius 3 is 2.63 bits per heavy atom. The molecule has 2 aromatic heterocycles. The van der Waals surface area contributed by atoms with Gasteiger partial charge in [0, 0.05) is 44.9 Å². The number of methoxy groups -OCH3 is 2. The van der Waals surface area contributed by atoms with E-state index < -0.39 is 11.8 Å². The van der Waals surface area contributed by atoms with Gasteiger partial charge in [0.05, 0.1) is 55.2 Å².